The minimum absolute atomic E-state index is 0.00412. The predicted octanol–water partition coefficient (Wildman–Crippen LogP) is 4.39. The van der Waals surface area contributed by atoms with Gasteiger partial charge in [0.15, 0.2) is 5.78 Å². The molecule has 0 saturated carbocycles. The maximum atomic E-state index is 13.4. The lowest BCUT2D eigenvalue weighted by Crippen LogP contribution is -2.38. The molecule has 2 aliphatic heterocycles. The fourth-order valence-corrected chi connectivity index (χ4v) is 3.57. The van der Waals surface area contributed by atoms with Crippen LogP contribution < -0.4 is 4.74 Å². The van der Waals surface area contributed by atoms with Gasteiger partial charge in [0.1, 0.15) is 23.5 Å². The first-order valence-electron chi connectivity index (χ1n) is 8.48. The number of hydrogen-bond acceptors (Lipinski definition) is 3. The highest BCUT2D eigenvalue weighted by Gasteiger charge is 2.33. The summed E-state index contributed by atoms with van der Waals surface area (Å²) >= 11 is 0. The topological polar surface area (TPSA) is 35.5 Å². The molecule has 0 bridgehead atoms. The van der Waals surface area contributed by atoms with Gasteiger partial charge >= 0.3 is 0 Å². The molecule has 2 aromatic carbocycles. The standard InChI is InChI=1S/C20H18F2O3/c21-15-6-14(7-16(22)9-15)12-3-4-19-17(8-12)18(23)10-20(25-19)13-2-1-5-24-11-13/h3-4,6-9,13,20H,1-2,5,10-11H2/t13-,20+/m1/s1. The van der Waals surface area contributed by atoms with Crippen molar-refractivity contribution in [3.63, 3.8) is 0 Å². The molecule has 0 N–H and O–H groups in total. The van der Waals surface area contributed by atoms with Crippen molar-refractivity contribution < 1.29 is 23.0 Å². The second-order valence-corrected chi connectivity index (χ2v) is 6.63. The van der Waals surface area contributed by atoms with Crippen LogP contribution in [0.1, 0.15) is 29.6 Å². The van der Waals surface area contributed by atoms with Crippen LogP contribution in [0, 0.1) is 17.6 Å². The molecule has 0 amide bonds. The average Bonchev–Trinajstić information content (AvgIpc) is 2.61. The molecular weight excluding hydrogens is 326 g/mol. The highest BCUT2D eigenvalue weighted by Crippen LogP contribution is 2.35. The lowest BCUT2D eigenvalue weighted by atomic mass is 9.88. The van der Waals surface area contributed by atoms with Gasteiger partial charge in [-0.15, -0.1) is 0 Å². The highest BCUT2D eigenvalue weighted by atomic mass is 19.1. The summed E-state index contributed by atoms with van der Waals surface area (Å²) in [6.45, 7) is 1.38. The zero-order valence-corrected chi connectivity index (χ0v) is 13.6. The molecule has 0 radical (unpaired) electrons. The van der Waals surface area contributed by atoms with Crippen molar-refractivity contribution in [1.29, 1.82) is 0 Å². The molecule has 0 unspecified atom stereocenters. The molecule has 0 spiro atoms. The van der Waals surface area contributed by atoms with Gasteiger partial charge in [0.2, 0.25) is 0 Å². The molecule has 4 rings (SSSR count). The summed E-state index contributed by atoms with van der Waals surface area (Å²) < 4.78 is 38.4. The van der Waals surface area contributed by atoms with Crippen LogP contribution >= 0.6 is 0 Å². The molecule has 0 aliphatic carbocycles. The third kappa shape index (κ3) is 3.29. The molecular formula is C20H18F2O3. The van der Waals surface area contributed by atoms with Crippen molar-refractivity contribution >= 4 is 5.78 Å². The predicted molar refractivity (Wildman–Crippen MR) is 88.7 cm³/mol. The van der Waals surface area contributed by atoms with Crippen LogP contribution in [-0.2, 0) is 4.74 Å². The van der Waals surface area contributed by atoms with Gasteiger partial charge in [-0.2, -0.15) is 0 Å². The molecule has 130 valence electrons. The van der Waals surface area contributed by atoms with Crippen LogP contribution in [-0.4, -0.2) is 25.1 Å². The van der Waals surface area contributed by atoms with Crippen molar-refractivity contribution in [1.82, 2.24) is 0 Å². The Hall–Kier alpha value is -2.27. The fourth-order valence-electron chi connectivity index (χ4n) is 3.57. The summed E-state index contributed by atoms with van der Waals surface area (Å²) in [5.41, 5.74) is 1.46. The van der Waals surface area contributed by atoms with Gasteiger partial charge in [-0.1, -0.05) is 6.07 Å². The quantitative estimate of drug-likeness (QED) is 0.810. The molecule has 2 aliphatic rings. The van der Waals surface area contributed by atoms with E-state index in [1.807, 2.05) is 0 Å². The van der Waals surface area contributed by atoms with E-state index in [1.54, 1.807) is 18.2 Å². The van der Waals surface area contributed by atoms with Crippen LogP contribution in [0.3, 0.4) is 0 Å². The van der Waals surface area contributed by atoms with Crippen LogP contribution in [0.5, 0.6) is 5.75 Å². The van der Waals surface area contributed by atoms with Gasteiger partial charge in [-0.05, 0) is 48.2 Å². The van der Waals surface area contributed by atoms with E-state index in [-0.39, 0.29) is 17.8 Å². The van der Waals surface area contributed by atoms with Crippen molar-refractivity contribution in [3.05, 3.63) is 53.6 Å². The Morgan fingerprint density at radius 1 is 1.00 bits per heavy atom. The van der Waals surface area contributed by atoms with Crippen molar-refractivity contribution in [2.75, 3.05) is 13.2 Å². The number of carbonyl (C=O) groups excluding carboxylic acids is 1. The molecule has 2 atom stereocenters. The number of halogens is 2. The van der Waals surface area contributed by atoms with E-state index in [0.29, 0.717) is 35.5 Å². The number of ketones is 1. The summed E-state index contributed by atoms with van der Waals surface area (Å²) in [6.07, 6.45) is 2.11. The van der Waals surface area contributed by atoms with E-state index in [1.165, 1.54) is 12.1 Å². The number of benzene rings is 2. The Balaban J connectivity index is 1.63. The van der Waals surface area contributed by atoms with Gasteiger partial charge in [-0.3, -0.25) is 4.79 Å². The number of hydrogen-bond donors (Lipinski definition) is 0. The third-order valence-electron chi connectivity index (χ3n) is 4.86. The molecule has 0 aromatic heterocycles. The molecule has 1 saturated heterocycles. The first-order valence-corrected chi connectivity index (χ1v) is 8.48. The van der Waals surface area contributed by atoms with E-state index >= 15 is 0 Å². The van der Waals surface area contributed by atoms with Crippen LogP contribution in [0.2, 0.25) is 0 Å². The lowest BCUT2D eigenvalue weighted by molar-refractivity contribution is -0.00363. The van der Waals surface area contributed by atoms with Crippen LogP contribution in [0.15, 0.2) is 36.4 Å². The number of carbonyl (C=O) groups is 1. The van der Waals surface area contributed by atoms with E-state index in [0.717, 1.165) is 25.5 Å². The molecule has 3 nitrogen and oxygen atoms in total. The molecule has 2 heterocycles. The van der Waals surface area contributed by atoms with Crippen LogP contribution in [0.4, 0.5) is 8.78 Å². The number of Topliss-reactive ketones (excluding diaryl/α,β-unsaturated/α-hetero) is 1. The minimum Gasteiger partial charge on any atom is -0.489 e. The second-order valence-electron chi connectivity index (χ2n) is 6.63. The highest BCUT2D eigenvalue weighted by molar-refractivity contribution is 6.01. The normalized spacial score (nSPS) is 23.0. The Morgan fingerprint density at radius 2 is 1.80 bits per heavy atom. The summed E-state index contributed by atoms with van der Waals surface area (Å²) in [5, 5.41) is 0. The van der Waals surface area contributed by atoms with Gasteiger partial charge in [0.05, 0.1) is 12.2 Å². The Kier molecular flexibility index (Phi) is 4.25. The van der Waals surface area contributed by atoms with E-state index in [9.17, 15) is 13.6 Å². The van der Waals surface area contributed by atoms with E-state index < -0.39 is 11.6 Å². The largest absolute Gasteiger partial charge is 0.489 e. The summed E-state index contributed by atoms with van der Waals surface area (Å²) in [4.78, 5) is 12.6. The minimum atomic E-state index is -0.646. The Labute approximate surface area is 144 Å². The maximum Gasteiger partial charge on any atom is 0.170 e. The first-order chi connectivity index (χ1) is 12.1. The number of fused-ring (bicyclic) bond motifs is 1. The van der Waals surface area contributed by atoms with E-state index in [2.05, 4.69) is 0 Å². The van der Waals surface area contributed by atoms with Crippen molar-refractivity contribution in [2.24, 2.45) is 5.92 Å². The maximum absolute atomic E-state index is 13.4. The summed E-state index contributed by atoms with van der Waals surface area (Å²) in [6, 6.07) is 8.41. The summed E-state index contributed by atoms with van der Waals surface area (Å²) in [7, 11) is 0. The molecule has 5 heteroatoms. The molecule has 2 aromatic rings. The van der Waals surface area contributed by atoms with Gasteiger partial charge in [-0.25, -0.2) is 8.78 Å². The zero-order valence-electron chi connectivity index (χ0n) is 13.6. The summed E-state index contributed by atoms with van der Waals surface area (Å²) in [5.74, 6) is -0.536. The van der Waals surface area contributed by atoms with E-state index in [4.69, 9.17) is 9.47 Å². The average molecular weight is 344 g/mol. The van der Waals surface area contributed by atoms with Crippen molar-refractivity contribution in [3.8, 4) is 16.9 Å². The SMILES string of the molecule is O=C1C[C@@H]([C@@H]2CCCOC2)Oc2ccc(-c3cc(F)cc(F)c3)cc21. The van der Waals surface area contributed by atoms with Gasteiger partial charge in [0, 0.05) is 25.0 Å². The van der Waals surface area contributed by atoms with Gasteiger partial charge < -0.3 is 9.47 Å². The number of ether oxygens (including phenoxy) is 2. The monoisotopic (exact) mass is 344 g/mol. The molecule has 25 heavy (non-hydrogen) atoms. The smallest absolute Gasteiger partial charge is 0.170 e. The lowest BCUT2D eigenvalue weighted by Gasteiger charge is -2.33. The van der Waals surface area contributed by atoms with Crippen molar-refractivity contribution in [2.45, 2.75) is 25.4 Å². The number of rotatable bonds is 2. The Bertz CT molecular complexity index is 792. The Morgan fingerprint density at radius 3 is 2.52 bits per heavy atom. The van der Waals surface area contributed by atoms with Gasteiger partial charge in [0.25, 0.3) is 0 Å². The fraction of sp³-hybridized carbons (Fsp3) is 0.350. The second kappa shape index (κ2) is 6.56. The first kappa shape index (κ1) is 16.2. The molecule has 1 fully saturated rings. The third-order valence-corrected chi connectivity index (χ3v) is 4.86. The zero-order chi connectivity index (χ0) is 17.4. The van der Waals surface area contributed by atoms with Crippen LogP contribution in [0.25, 0.3) is 11.1 Å².